The molecule has 0 aliphatic rings. The van der Waals surface area contributed by atoms with Crippen LogP contribution in [-0.4, -0.2) is 47.3 Å². The van der Waals surface area contributed by atoms with Gasteiger partial charge in [-0.15, -0.1) is 0 Å². The van der Waals surface area contributed by atoms with Crippen LogP contribution in [0, 0.1) is 0 Å². The summed E-state index contributed by atoms with van der Waals surface area (Å²) in [5.74, 6) is -4.81. The lowest BCUT2D eigenvalue weighted by molar-refractivity contribution is -0.199. The molecular weight excluding hydrogens is 248 g/mol. The van der Waals surface area contributed by atoms with E-state index in [9.17, 15) is 35.9 Å². The van der Waals surface area contributed by atoms with Gasteiger partial charge in [-0.25, -0.2) is 0 Å². The second-order valence-corrected chi connectivity index (χ2v) is 2.67. The molecule has 0 heterocycles. The molecule has 0 aliphatic heterocycles. The van der Waals surface area contributed by atoms with Gasteiger partial charge in [-0.1, -0.05) is 0 Å². The molecule has 4 nitrogen and oxygen atoms in total. The normalized spacial score (nSPS) is 12.4. The molecule has 0 spiro atoms. The first kappa shape index (κ1) is 14.5. The van der Waals surface area contributed by atoms with Crippen molar-refractivity contribution in [1.82, 2.24) is 4.90 Å². The van der Waals surface area contributed by atoms with Crippen molar-refractivity contribution in [2.75, 3.05) is 13.1 Å². The SMILES string of the molecule is O=C(O)CN(CC(F)(F)F)C(=O)C(F)(F)F. The van der Waals surface area contributed by atoms with Crippen LogP contribution in [0.5, 0.6) is 0 Å². The van der Waals surface area contributed by atoms with Gasteiger partial charge in [0.25, 0.3) is 0 Å². The van der Waals surface area contributed by atoms with Crippen molar-refractivity contribution in [3.63, 3.8) is 0 Å². The number of nitrogens with zero attached hydrogens (tertiary/aromatic N) is 1. The van der Waals surface area contributed by atoms with E-state index in [1.807, 2.05) is 0 Å². The second kappa shape index (κ2) is 4.58. The minimum atomic E-state index is -5.54. The molecule has 0 atom stereocenters. The van der Waals surface area contributed by atoms with E-state index >= 15 is 0 Å². The smallest absolute Gasteiger partial charge is 0.471 e. The third kappa shape index (κ3) is 5.41. The van der Waals surface area contributed by atoms with Crippen molar-refractivity contribution in [1.29, 1.82) is 0 Å². The number of aliphatic carboxylic acids is 1. The van der Waals surface area contributed by atoms with E-state index < -0.39 is 42.2 Å². The van der Waals surface area contributed by atoms with E-state index in [-0.39, 0.29) is 0 Å². The standard InChI is InChI=1S/C6H5F6NO3/c7-5(8,9)2-13(1-3(14)15)4(16)6(10,11)12/h1-2H2,(H,14,15). The van der Waals surface area contributed by atoms with Crippen LogP contribution in [0.3, 0.4) is 0 Å². The number of carboxylic acid groups (broad SMARTS) is 1. The summed E-state index contributed by atoms with van der Waals surface area (Å²) < 4.78 is 70.6. The topological polar surface area (TPSA) is 57.6 Å². The Morgan fingerprint density at radius 1 is 1.06 bits per heavy atom. The summed E-state index contributed by atoms with van der Waals surface area (Å²) >= 11 is 0. The average molecular weight is 253 g/mol. The first-order valence-corrected chi connectivity index (χ1v) is 3.58. The van der Waals surface area contributed by atoms with E-state index in [0.29, 0.717) is 0 Å². The third-order valence-corrected chi connectivity index (χ3v) is 1.23. The number of amides is 1. The molecule has 0 rings (SSSR count). The highest BCUT2D eigenvalue weighted by molar-refractivity contribution is 5.85. The zero-order chi connectivity index (χ0) is 13.1. The van der Waals surface area contributed by atoms with Gasteiger partial charge in [-0.3, -0.25) is 9.59 Å². The Morgan fingerprint density at radius 3 is 1.75 bits per heavy atom. The summed E-state index contributed by atoms with van der Waals surface area (Å²) in [6.07, 6.45) is -10.6. The molecule has 0 unspecified atom stereocenters. The molecule has 0 fully saturated rings. The van der Waals surface area contributed by atoms with Crippen LogP contribution in [0.2, 0.25) is 0 Å². The van der Waals surface area contributed by atoms with Crippen molar-refractivity contribution in [3.05, 3.63) is 0 Å². The summed E-state index contributed by atoms with van der Waals surface area (Å²) in [6, 6.07) is 0. The number of hydrogen-bond donors (Lipinski definition) is 1. The summed E-state index contributed by atoms with van der Waals surface area (Å²) in [4.78, 5) is 19.6. The van der Waals surface area contributed by atoms with E-state index in [2.05, 4.69) is 0 Å². The van der Waals surface area contributed by atoms with Crippen molar-refractivity contribution in [2.24, 2.45) is 0 Å². The second-order valence-electron chi connectivity index (χ2n) is 2.67. The molecule has 1 N–H and O–H groups in total. The van der Waals surface area contributed by atoms with E-state index in [4.69, 9.17) is 5.11 Å². The van der Waals surface area contributed by atoms with Gasteiger partial charge in [0.1, 0.15) is 13.1 Å². The fourth-order valence-corrected chi connectivity index (χ4v) is 0.758. The van der Waals surface area contributed by atoms with E-state index in [1.165, 1.54) is 0 Å². The van der Waals surface area contributed by atoms with Crippen LogP contribution < -0.4 is 0 Å². The molecule has 0 aliphatic carbocycles. The predicted octanol–water partition coefficient (Wildman–Crippen LogP) is 1.02. The fraction of sp³-hybridized carbons (Fsp3) is 0.667. The largest absolute Gasteiger partial charge is 0.480 e. The number of hydrogen-bond acceptors (Lipinski definition) is 2. The molecular formula is C6H5F6NO3. The van der Waals surface area contributed by atoms with Crippen LogP contribution in [0.4, 0.5) is 26.3 Å². The number of carboxylic acids is 1. The molecule has 0 saturated heterocycles. The van der Waals surface area contributed by atoms with Gasteiger partial charge < -0.3 is 10.0 Å². The molecule has 0 aromatic rings. The number of rotatable bonds is 3. The molecule has 16 heavy (non-hydrogen) atoms. The third-order valence-electron chi connectivity index (χ3n) is 1.23. The van der Waals surface area contributed by atoms with Crippen molar-refractivity contribution in [3.8, 4) is 0 Å². The zero-order valence-electron chi connectivity index (χ0n) is 7.39. The Balaban J connectivity index is 4.81. The summed E-state index contributed by atoms with van der Waals surface area (Å²) in [5.41, 5.74) is 0. The minimum Gasteiger partial charge on any atom is -0.480 e. The summed E-state index contributed by atoms with van der Waals surface area (Å²) in [7, 11) is 0. The number of carbonyl (C=O) groups is 2. The van der Waals surface area contributed by atoms with Crippen LogP contribution in [0.15, 0.2) is 0 Å². The number of alkyl halides is 6. The zero-order valence-corrected chi connectivity index (χ0v) is 7.39. The Kier molecular flexibility index (Phi) is 4.15. The quantitative estimate of drug-likeness (QED) is 0.764. The van der Waals surface area contributed by atoms with Gasteiger partial charge >= 0.3 is 24.2 Å². The molecule has 10 heteroatoms. The fourth-order valence-electron chi connectivity index (χ4n) is 0.758. The van der Waals surface area contributed by atoms with Gasteiger partial charge in [0.2, 0.25) is 0 Å². The van der Waals surface area contributed by atoms with E-state index in [0.717, 1.165) is 0 Å². The van der Waals surface area contributed by atoms with Crippen LogP contribution >= 0.6 is 0 Å². The van der Waals surface area contributed by atoms with Crippen LogP contribution in [-0.2, 0) is 9.59 Å². The van der Waals surface area contributed by atoms with E-state index in [1.54, 1.807) is 0 Å². The lowest BCUT2D eigenvalue weighted by Gasteiger charge is -2.22. The molecule has 94 valence electrons. The Bertz CT molecular complexity index is 283. The lowest BCUT2D eigenvalue weighted by atomic mass is 10.4. The van der Waals surface area contributed by atoms with Gasteiger partial charge in [0.15, 0.2) is 0 Å². The van der Waals surface area contributed by atoms with Crippen molar-refractivity contribution in [2.45, 2.75) is 12.4 Å². The molecule has 0 bridgehead atoms. The molecule has 0 saturated carbocycles. The van der Waals surface area contributed by atoms with Gasteiger partial charge in [-0.2, -0.15) is 26.3 Å². The maximum Gasteiger partial charge on any atom is 0.471 e. The summed E-state index contributed by atoms with van der Waals surface area (Å²) in [6.45, 7) is -3.94. The molecule has 1 amide bonds. The Labute approximate surface area is 84.4 Å². The maximum absolute atomic E-state index is 11.8. The molecule has 0 aromatic carbocycles. The van der Waals surface area contributed by atoms with Gasteiger partial charge in [0, 0.05) is 0 Å². The maximum atomic E-state index is 11.8. The Morgan fingerprint density at radius 2 is 1.50 bits per heavy atom. The van der Waals surface area contributed by atoms with Gasteiger partial charge in [0.05, 0.1) is 0 Å². The Hall–Kier alpha value is -1.48. The van der Waals surface area contributed by atoms with Crippen LogP contribution in [0.25, 0.3) is 0 Å². The minimum absolute atomic E-state index is 0.831. The lowest BCUT2D eigenvalue weighted by Crippen LogP contribution is -2.47. The first-order chi connectivity index (χ1) is 6.93. The first-order valence-electron chi connectivity index (χ1n) is 3.58. The van der Waals surface area contributed by atoms with Crippen molar-refractivity contribution >= 4 is 11.9 Å². The van der Waals surface area contributed by atoms with Crippen molar-refractivity contribution < 1.29 is 41.0 Å². The highest BCUT2D eigenvalue weighted by Gasteiger charge is 2.46. The van der Waals surface area contributed by atoms with Gasteiger partial charge in [-0.05, 0) is 0 Å². The molecule has 0 aromatic heterocycles. The predicted molar refractivity (Wildman–Crippen MR) is 36.3 cm³/mol. The number of halogens is 6. The highest BCUT2D eigenvalue weighted by Crippen LogP contribution is 2.22. The van der Waals surface area contributed by atoms with Crippen LogP contribution in [0.1, 0.15) is 0 Å². The molecule has 0 radical (unpaired) electrons. The monoisotopic (exact) mass is 253 g/mol. The average Bonchev–Trinajstić information content (AvgIpc) is 1.96. The summed E-state index contributed by atoms with van der Waals surface area (Å²) in [5, 5.41) is 8.07. The number of carbonyl (C=O) groups excluding carboxylic acids is 1. The highest BCUT2D eigenvalue weighted by atomic mass is 19.4.